The quantitative estimate of drug-likeness (QED) is 0.866. The molecule has 22 heavy (non-hydrogen) atoms. The maximum absolute atomic E-state index is 12.1. The van der Waals surface area contributed by atoms with Crippen LogP contribution in [-0.4, -0.2) is 33.8 Å². The lowest BCUT2D eigenvalue weighted by atomic mass is 9.96. The van der Waals surface area contributed by atoms with Crippen molar-refractivity contribution in [2.24, 2.45) is 0 Å². The van der Waals surface area contributed by atoms with E-state index in [1.807, 2.05) is 22.9 Å². The second kappa shape index (κ2) is 7.17. The van der Waals surface area contributed by atoms with Gasteiger partial charge in [0.05, 0.1) is 0 Å². The van der Waals surface area contributed by atoms with Gasteiger partial charge in [-0.1, -0.05) is 6.07 Å². The Balaban J connectivity index is 1.56. The monoisotopic (exact) mass is 299 g/mol. The largest absolute Gasteiger partial charge is 0.350 e. The van der Waals surface area contributed by atoms with Crippen molar-refractivity contribution in [3.8, 4) is 0 Å². The number of piperidine rings is 1. The van der Waals surface area contributed by atoms with Gasteiger partial charge in [-0.25, -0.2) is 0 Å². The zero-order chi connectivity index (χ0) is 15.2. The molecule has 1 aliphatic rings. The van der Waals surface area contributed by atoms with E-state index in [9.17, 15) is 4.79 Å². The van der Waals surface area contributed by atoms with Crippen LogP contribution in [0.3, 0.4) is 0 Å². The van der Waals surface area contributed by atoms with Gasteiger partial charge in [0, 0.05) is 43.3 Å². The molecule has 0 radical (unpaired) electrons. The normalized spacial score (nSPS) is 18.1. The van der Waals surface area contributed by atoms with Crippen molar-refractivity contribution in [2.75, 3.05) is 13.1 Å². The second-order valence-electron chi connectivity index (χ2n) is 5.60. The Kier molecular flexibility index (Phi) is 4.80. The van der Waals surface area contributed by atoms with Gasteiger partial charge in [-0.05, 0) is 37.1 Å². The van der Waals surface area contributed by atoms with Crippen LogP contribution in [0.5, 0.6) is 0 Å². The summed E-state index contributed by atoms with van der Waals surface area (Å²) < 4.78 is 1.82. The van der Waals surface area contributed by atoms with E-state index in [1.165, 1.54) is 6.42 Å². The summed E-state index contributed by atoms with van der Waals surface area (Å²) in [6, 6.07) is 5.83. The predicted molar refractivity (Wildman–Crippen MR) is 83.2 cm³/mol. The fourth-order valence-corrected chi connectivity index (χ4v) is 2.82. The molecule has 3 heterocycles. The van der Waals surface area contributed by atoms with E-state index in [0.717, 1.165) is 30.8 Å². The molecule has 1 atom stereocenters. The molecule has 1 aliphatic heterocycles. The molecule has 3 rings (SSSR count). The number of nitrogens with one attached hydrogen (secondary N) is 2. The minimum Gasteiger partial charge on any atom is -0.350 e. The van der Waals surface area contributed by atoms with Crippen LogP contribution in [0.25, 0.3) is 0 Å². The highest BCUT2D eigenvalue weighted by Crippen LogP contribution is 2.22. The first kappa shape index (κ1) is 14.7. The van der Waals surface area contributed by atoms with Crippen LogP contribution in [0.4, 0.5) is 0 Å². The van der Waals surface area contributed by atoms with Crippen molar-refractivity contribution in [2.45, 2.75) is 31.8 Å². The Hall–Kier alpha value is -2.21. The van der Waals surface area contributed by atoms with Crippen molar-refractivity contribution in [1.29, 1.82) is 0 Å². The number of hydrogen-bond acceptors (Lipinski definition) is 4. The molecular formula is C16H21N5O. The molecule has 2 aromatic rings. The summed E-state index contributed by atoms with van der Waals surface area (Å²) in [5.74, 6) is 0.417. The SMILES string of the molecule is O=C(Cn1nccc1[C@@H]1CCCNC1)NCc1cccnc1. The highest BCUT2D eigenvalue weighted by molar-refractivity contribution is 5.75. The van der Waals surface area contributed by atoms with Crippen molar-refractivity contribution < 1.29 is 4.79 Å². The minimum absolute atomic E-state index is 0.0300. The number of pyridine rings is 1. The molecule has 2 N–H and O–H groups in total. The van der Waals surface area contributed by atoms with Gasteiger partial charge in [-0.15, -0.1) is 0 Å². The van der Waals surface area contributed by atoms with Crippen LogP contribution in [0.15, 0.2) is 36.8 Å². The molecule has 0 saturated carbocycles. The van der Waals surface area contributed by atoms with Crippen molar-refractivity contribution in [1.82, 2.24) is 25.4 Å². The minimum atomic E-state index is -0.0300. The third-order valence-corrected chi connectivity index (χ3v) is 3.97. The van der Waals surface area contributed by atoms with Crippen LogP contribution < -0.4 is 10.6 Å². The average Bonchev–Trinajstić information content (AvgIpc) is 3.03. The summed E-state index contributed by atoms with van der Waals surface area (Å²) in [5.41, 5.74) is 2.14. The number of amides is 1. The summed E-state index contributed by atoms with van der Waals surface area (Å²) >= 11 is 0. The molecule has 6 heteroatoms. The molecule has 1 fully saturated rings. The van der Waals surface area contributed by atoms with Gasteiger partial charge >= 0.3 is 0 Å². The number of nitrogens with zero attached hydrogens (tertiary/aromatic N) is 3. The first-order chi connectivity index (χ1) is 10.8. The number of rotatable bonds is 5. The summed E-state index contributed by atoms with van der Waals surface area (Å²) in [6.45, 7) is 2.80. The third-order valence-electron chi connectivity index (χ3n) is 3.97. The van der Waals surface area contributed by atoms with Gasteiger partial charge in [0.1, 0.15) is 6.54 Å². The average molecular weight is 299 g/mol. The van der Waals surface area contributed by atoms with Crippen LogP contribution >= 0.6 is 0 Å². The van der Waals surface area contributed by atoms with E-state index in [1.54, 1.807) is 18.6 Å². The lowest BCUT2D eigenvalue weighted by Gasteiger charge is -2.23. The van der Waals surface area contributed by atoms with Gasteiger partial charge < -0.3 is 10.6 Å². The lowest BCUT2D eigenvalue weighted by Crippen LogP contribution is -2.32. The highest BCUT2D eigenvalue weighted by Gasteiger charge is 2.19. The number of aromatic nitrogens is 3. The fourth-order valence-electron chi connectivity index (χ4n) is 2.82. The predicted octanol–water partition coefficient (Wildman–Crippen LogP) is 1.06. The standard InChI is InChI=1S/C16H21N5O/c22-16(19-10-13-3-1-6-17-9-13)12-21-15(5-8-20-21)14-4-2-7-18-11-14/h1,3,5-6,8-9,14,18H,2,4,7,10-12H2,(H,19,22)/t14-/m1/s1. The topological polar surface area (TPSA) is 71.8 Å². The Morgan fingerprint density at radius 3 is 3.14 bits per heavy atom. The van der Waals surface area contributed by atoms with Crippen LogP contribution in [0.1, 0.15) is 30.0 Å². The fraction of sp³-hybridized carbons (Fsp3) is 0.438. The van der Waals surface area contributed by atoms with E-state index >= 15 is 0 Å². The molecule has 0 aliphatic carbocycles. The van der Waals surface area contributed by atoms with E-state index in [0.29, 0.717) is 12.5 Å². The Bertz CT molecular complexity index is 604. The summed E-state index contributed by atoms with van der Waals surface area (Å²) in [5, 5.41) is 10.6. The molecular weight excluding hydrogens is 278 g/mol. The summed E-state index contributed by atoms with van der Waals surface area (Å²) in [6.07, 6.45) is 7.57. The lowest BCUT2D eigenvalue weighted by molar-refractivity contribution is -0.122. The first-order valence-electron chi connectivity index (χ1n) is 7.71. The van der Waals surface area contributed by atoms with Gasteiger partial charge in [-0.2, -0.15) is 5.10 Å². The molecule has 6 nitrogen and oxygen atoms in total. The summed E-state index contributed by atoms with van der Waals surface area (Å²) in [7, 11) is 0. The van der Waals surface area contributed by atoms with Crippen LogP contribution in [0, 0.1) is 0 Å². The number of carbonyl (C=O) groups excluding carboxylic acids is 1. The molecule has 0 bridgehead atoms. The maximum Gasteiger partial charge on any atom is 0.242 e. The molecule has 0 aromatic carbocycles. The van der Waals surface area contributed by atoms with E-state index in [-0.39, 0.29) is 12.5 Å². The van der Waals surface area contributed by atoms with E-state index in [2.05, 4.69) is 20.7 Å². The van der Waals surface area contributed by atoms with Crippen LogP contribution in [0.2, 0.25) is 0 Å². The molecule has 2 aromatic heterocycles. The van der Waals surface area contributed by atoms with E-state index in [4.69, 9.17) is 0 Å². The Morgan fingerprint density at radius 2 is 2.36 bits per heavy atom. The summed E-state index contributed by atoms with van der Waals surface area (Å²) in [4.78, 5) is 16.1. The zero-order valence-electron chi connectivity index (χ0n) is 12.5. The Labute approximate surface area is 129 Å². The molecule has 116 valence electrons. The second-order valence-corrected chi connectivity index (χ2v) is 5.60. The first-order valence-corrected chi connectivity index (χ1v) is 7.71. The third kappa shape index (κ3) is 3.71. The zero-order valence-corrected chi connectivity index (χ0v) is 12.5. The van der Waals surface area contributed by atoms with Crippen molar-refractivity contribution in [3.05, 3.63) is 48.0 Å². The molecule has 0 unspecified atom stereocenters. The van der Waals surface area contributed by atoms with Gasteiger partial charge in [-0.3, -0.25) is 14.5 Å². The smallest absolute Gasteiger partial charge is 0.242 e. The maximum atomic E-state index is 12.1. The van der Waals surface area contributed by atoms with Crippen LogP contribution in [-0.2, 0) is 17.9 Å². The van der Waals surface area contributed by atoms with Gasteiger partial charge in [0.2, 0.25) is 5.91 Å². The van der Waals surface area contributed by atoms with Gasteiger partial charge in [0.15, 0.2) is 0 Å². The highest BCUT2D eigenvalue weighted by atomic mass is 16.2. The number of hydrogen-bond donors (Lipinski definition) is 2. The van der Waals surface area contributed by atoms with E-state index < -0.39 is 0 Å². The van der Waals surface area contributed by atoms with Crippen molar-refractivity contribution >= 4 is 5.91 Å². The Morgan fingerprint density at radius 1 is 1.41 bits per heavy atom. The number of carbonyl (C=O) groups is 1. The molecule has 1 amide bonds. The van der Waals surface area contributed by atoms with Crippen molar-refractivity contribution in [3.63, 3.8) is 0 Å². The molecule has 1 saturated heterocycles. The molecule has 0 spiro atoms. The van der Waals surface area contributed by atoms with Gasteiger partial charge in [0.25, 0.3) is 0 Å².